The summed E-state index contributed by atoms with van der Waals surface area (Å²) in [6.07, 6.45) is -1.49. The monoisotopic (exact) mass is 473 g/mol. The summed E-state index contributed by atoms with van der Waals surface area (Å²) in [5.41, 5.74) is 2.99. The van der Waals surface area contributed by atoms with Crippen LogP contribution in [0.3, 0.4) is 0 Å². The van der Waals surface area contributed by atoms with E-state index in [1.807, 2.05) is 13.0 Å². The van der Waals surface area contributed by atoms with Crippen molar-refractivity contribution in [3.05, 3.63) is 69.7 Å². The Kier molecular flexibility index (Phi) is 6.51. The maximum absolute atomic E-state index is 13.4. The fourth-order valence-electron chi connectivity index (χ4n) is 4.07. The van der Waals surface area contributed by atoms with Crippen molar-refractivity contribution in [3.63, 3.8) is 0 Å². The van der Waals surface area contributed by atoms with E-state index >= 15 is 0 Å². The van der Waals surface area contributed by atoms with Gasteiger partial charge in [0.2, 0.25) is 0 Å². The number of hydrogen-bond acceptors (Lipinski definition) is 5. The van der Waals surface area contributed by atoms with E-state index in [0.717, 1.165) is 23.4 Å². The number of aromatic nitrogens is 1. The second kappa shape index (κ2) is 9.35. The molecule has 0 unspecified atom stereocenters. The first-order valence-electron chi connectivity index (χ1n) is 10.3. The van der Waals surface area contributed by atoms with E-state index in [9.17, 15) is 22.8 Å². The SMILES string of the molecule is Cc1cccc(C(=O)N2CCC(c3nc([C]=O)cs3)CC2)c1-c1ccc(OC(F)(F)F)cc1. The molecule has 1 aliphatic heterocycles. The van der Waals surface area contributed by atoms with Crippen molar-refractivity contribution in [2.24, 2.45) is 0 Å². The highest BCUT2D eigenvalue weighted by atomic mass is 32.1. The molecule has 0 aliphatic carbocycles. The second-order valence-corrected chi connectivity index (χ2v) is 8.70. The highest BCUT2D eigenvalue weighted by Crippen LogP contribution is 2.34. The lowest BCUT2D eigenvalue weighted by Gasteiger charge is -2.32. The molecule has 3 aromatic rings. The predicted molar refractivity (Wildman–Crippen MR) is 118 cm³/mol. The van der Waals surface area contributed by atoms with Crippen LogP contribution in [0.1, 0.15) is 45.4 Å². The van der Waals surface area contributed by atoms with Crippen LogP contribution in [0.15, 0.2) is 47.8 Å². The fraction of sp³-hybridized carbons (Fsp3) is 0.292. The molecule has 1 radical (unpaired) electrons. The van der Waals surface area contributed by atoms with Crippen LogP contribution >= 0.6 is 11.3 Å². The van der Waals surface area contributed by atoms with E-state index < -0.39 is 6.36 Å². The van der Waals surface area contributed by atoms with E-state index in [1.54, 1.807) is 28.7 Å². The number of halogens is 3. The molecule has 9 heteroatoms. The van der Waals surface area contributed by atoms with Gasteiger partial charge >= 0.3 is 6.36 Å². The van der Waals surface area contributed by atoms with E-state index in [-0.39, 0.29) is 17.6 Å². The lowest BCUT2D eigenvalue weighted by molar-refractivity contribution is -0.274. The summed E-state index contributed by atoms with van der Waals surface area (Å²) in [5.74, 6) is -0.240. The molecule has 2 aromatic carbocycles. The van der Waals surface area contributed by atoms with Crippen LogP contribution in [0.4, 0.5) is 13.2 Å². The number of rotatable bonds is 5. The highest BCUT2D eigenvalue weighted by Gasteiger charge is 2.31. The second-order valence-electron chi connectivity index (χ2n) is 7.81. The number of piperidine rings is 1. The van der Waals surface area contributed by atoms with Gasteiger partial charge in [0.15, 0.2) is 0 Å². The van der Waals surface area contributed by atoms with Crippen molar-refractivity contribution in [3.8, 4) is 16.9 Å². The Balaban J connectivity index is 1.52. The summed E-state index contributed by atoms with van der Waals surface area (Å²) >= 11 is 1.44. The van der Waals surface area contributed by atoms with Gasteiger partial charge in [-0.25, -0.2) is 4.98 Å². The lowest BCUT2D eigenvalue weighted by atomic mass is 9.92. The Morgan fingerprint density at radius 2 is 1.85 bits per heavy atom. The van der Waals surface area contributed by atoms with Crippen LogP contribution in [0, 0.1) is 6.92 Å². The number of thiazole rings is 1. The Hall–Kier alpha value is -3.20. The van der Waals surface area contributed by atoms with Crippen molar-refractivity contribution in [2.75, 3.05) is 13.1 Å². The molecule has 5 nitrogen and oxygen atoms in total. The van der Waals surface area contributed by atoms with Gasteiger partial charge in [0.1, 0.15) is 11.4 Å². The first-order chi connectivity index (χ1) is 15.7. The van der Waals surface area contributed by atoms with Crippen LogP contribution in [-0.4, -0.2) is 41.5 Å². The molecule has 0 bridgehead atoms. The van der Waals surface area contributed by atoms with Crippen molar-refractivity contribution >= 4 is 23.5 Å². The van der Waals surface area contributed by atoms with Gasteiger partial charge in [-0.15, -0.1) is 24.5 Å². The van der Waals surface area contributed by atoms with E-state index in [0.29, 0.717) is 35.5 Å². The molecule has 1 saturated heterocycles. The van der Waals surface area contributed by atoms with Crippen molar-refractivity contribution in [2.45, 2.75) is 32.0 Å². The lowest BCUT2D eigenvalue weighted by Crippen LogP contribution is -2.38. The summed E-state index contributed by atoms with van der Waals surface area (Å²) in [7, 11) is 0. The number of amides is 1. The molecule has 4 rings (SSSR count). The molecule has 0 spiro atoms. The maximum atomic E-state index is 13.4. The smallest absolute Gasteiger partial charge is 0.406 e. The van der Waals surface area contributed by atoms with Crippen LogP contribution in [-0.2, 0) is 4.79 Å². The third kappa shape index (κ3) is 5.24. The Labute approximate surface area is 192 Å². The van der Waals surface area contributed by atoms with Gasteiger partial charge in [-0.05, 0) is 54.7 Å². The minimum absolute atomic E-state index is 0.121. The van der Waals surface area contributed by atoms with Crippen LogP contribution in [0.5, 0.6) is 5.75 Å². The highest BCUT2D eigenvalue weighted by molar-refractivity contribution is 7.09. The van der Waals surface area contributed by atoms with Crippen molar-refractivity contribution in [1.29, 1.82) is 0 Å². The predicted octanol–water partition coefficient (Wildman–Crippen LogP) is 5.49. The molecule has 1 fully saturated rings. The summed E-state index contributed by atoms with van der Waals surface area (Å²) in [5, 5.41) is 2.57. The molecule has 2 heterocycles. The summed E-state index contributed by atoms with van der Waals surface area (Å²) in [6.45, 7) is 2.96. The van der Waals surface area contributed by atoms with Crippen LogP contribution in [0.25, 0.3) is 11.1 Å². The normalized spacial score (nSPS) is 14.8. The van der Waals surface area contributed by atoms with Gasteiger partial charge in [0.05, 0.1) is 5.01 Å². The number of aryl methyl sites for hydroxylation is 1. The largest absolute Gasteiger partial charge is 0.573 e. The molecule has 171 valence electrons. The number of carbonyl (C=O) groups is 1. The van der Waals surface area contributed by atoms with E-state index in [1.165, 1.54) is 35.6 Å². The zero-order valence-electron chi connectivity index (χ0n) is 17.7. The van der Waals surface area contributed by atoms with Gasteiger partial charge < -0.3 is 9.64 Å². The van der Waals surface area contributed by atoms with Crippen molar-refractivity contribution in [1.82, 2.24) is 9.88 Å². The fourth-order valence-corrected chi connectivity index (χ4v) is 4.99. The molecule has 1 aromatic heterocycles. The Morgan fingerprint density at radius 3 is 2.45 bits per heavy atom. The average Bonchev–Trinajstić information content (AvgIpc) is 3.28. The number of benzene rings is 2. The topological polar surface area (TPSA) is 59.5 Å². The van der Waals surface area contributed by atoms with E-state index in [4.69, 9.17) is 0 Å². The third-order valence-electron chi connectivity index (χ3n) is 5.64. The number of alkyl halides is 3. The summed E-state index contributed by atoms with van der Waals surface area (Å²) in [6, 6.07) is 10.9. The number of ether oxygens (including phenoxy) is 1. The molecule has 0 saturated carbocycles. The maximum Gasteiger partial charge on any atom is 0.573 e. The number of carbonyl (C=O) groups excluding carboxylic acids is 2. The molecular weight excluding hydrogens is 453 g/mol. The Bertz CT molecular complexity index is 1150. The van der Waals surface area contributed by atoms with Gasteiger partial charge in [-0.2, -0.15) is 0 Å². The average molecular weight is 473 g/mol. The number of nitrogens with zero attached hydrogens (tertiary/aromatic N) is 2. The molecular formula is C24H20F3N2O3S. The molecule has 0 atom stereocenters. The third-order valence-corrected chi connectivity index (χ3v) is 6.64. The quantitative estimate of drug-likeness (QED) is 0.491. The first kappa shape index (κ1) is 23.0. The molecule has 1 amide bonds. The minimum Gasteiger partial charge on any atom is -0.406 e. The molecule has 1 aliphatic rings. The van der Waals surface area contributed by atoms with Gasteiger partial charge in [-0.3, -0.25) is 9.59 Å². The Morgan fingerprint density at radius 1 is 1.15 bits per heavy atom. The standard InChI is InChI=1S/C24H20F3N2O3S/c1-15-3-2-4-20(21(15)16-5-7-19(8-6-16)32-24(25,26)27)23(31)29-11-9-17(10-12-29)22-28-18(13-30)14-33-22/h2-8,14,17H,9-12H2,1H3. The van der Waals surface area contributed by atoms with Gasteiger partial charge in [0, 0.05) is 30.0 Å². The molecule has 0 N–H and O–H groups in total. The van der Waals surface area contributed by atoms with Crippen LogP contribution in [0.2, 0.25) is 0 Å². The zero-order chi connectivity index (χ0) is 23.6. The number of hydrogen-bond donors (Lipinski definition) is 0. The zero-order valence-corrected chi connectivity index (χ0v) is 18.5. The van der Waals surface area contributed by atoms with Gasteiger partial charge in [0.25, 0.3) is 12.2 Å². The first-order valence-corrected chi connectivity index (χ1v) is 11.2. The number of likely N-dealkylation sites (tertiary alicyclic amines) is 1. The summed E-state index contributed by atoms with van der Waals surface area (Å²) in [4.78, 5) is 30.2. The van der Waals surface area contributed by atoms with Crippen LogP contribution < -0.4 is 4.74 Å². The van der Waals surface area contributed by atoms with Gasteiger partial charge in [-0.1, -0.05) is 24.3 Å². The van der Waals surface area contributed by atoms with E-state index in [2.05, 4.69) is 9.72 Å². The summed E-state index contributed by atoms with van der Waals surface area (Å²) < 4.78 is 41.4. The van der Waals surface area contributed by atoms with Crippen molar-refractivity contribution < 1.29 is 27.5 Å². The molecule has 33 heavy (non-hydrogen) atoms. The minimum atomic E-state index is -4.76.